The molecule has 470 valence electrons. The van der Waals surface area contributed by atoms with Crippen molar-refractivity contribution in [1.82, 2.24) is 39.0 Å². The van der Waals surface area contributed by atoms with Crippen molar-refractivity contribution in [3.05, 3.63) is 277 Å². The molecule has 0 bridgehead atoms. The van der Waals surface area contributed by atoms with Crippen LogP contribution in [0.5, 0.6) is 0 Å². The van der Waals surface area contributed by atoms with Gasteiger partial charge in [-0.25, -0.2) is 29.9 Å². The highest BCUT2D eigenvalue weighted by molar-refractivity contribution is 6.12. The largest absolute Gasteiger partial charge is 0.416 e. The van der Waals surface area contributed by atoms with E-state index in [-0.39, 0.29) is 66.6 Å². The fraction of sp³-hybridized carbons (Fsp3) is 0.0526. The Morgan fingerprint density at radius 2 is 0.448 bits per heavy atom. The Morgan fingerprint density at radius 1 is 0.208 bits per heavy atom. The zero-order valence-corrected chi connectivity index (χ0v) is 49.4. The number of rotatable bonds is 10. The summed E-state index contributed by atoms with van der Waals surface area (Å²) >= 11 is 0. The van der Waals surface area contributed by atoms with Crippen molar-refractivity contribution in [2.45, 2.75) is 24.7 Å². The molecule has 4 aromatic heterocycles. The van der Waals surface area contributed by atoms with E-state index in [1.807, 2.05) is 121 Å². The van der Waals surface area contributed by atoms with Crippen LogP contribution >= 0.6 is 0 Å². The second-order valence-electron chi connectivity index (χ2n) is 22.7. The second-order valence-corrected chi connectivity index (χ2v) is 22.7. The summed E-state index contributed by atoms with van der Waals surface area (Å²) in [5, 5.41) is -0.557. The maximum Gasteiger partial charge on any atom is 0.416 e. The zero-order chi connectivity index (χ0) is 66.4. The number of aromatic nitrogens is 8. The lowest BCUT2D eigenvalue weighted by Crippen LogP contribution is -2.05. The highest BCUT2D eigenvalue weighted by Gasteiger charge is 2.36. The molecule has 0 N–H and O–H groups in total. The van der Waals surface area contributed by atoms with Gasteiger partial charge in [0.1, 0.15) is 0 Å². The first-order valence-electron chi connectivity index (χ1n) is 29.7. The molecule has 0 amide bonds. The number of hydrogen-bond acceptors (Lipinski definition) is 6. The van der Waals surface area contributed by atoms with Gasteiger partial charge >= 0.3 is 24.7 Å². The molecule has 15 aromatic rings. The lowest BCUT2D eigenvalue weighted by molar-refractivity contribution is -0.138. The van der Waals surface area contributed by atoms with Gasteiger partial charge in [-0.2, -0.15) is 52.7 Å². The second kappa shape index (κ2) is 23.0. The van der Waals surface area contributed by atoms with Gasteiger partial charge in [0, 0.05) is 66.1 Å². The Kier molecular flexibility index (Phi) is 14.5. The van der Waals surface area contributed by atoms with Gasteiger partial charge in [-0.15, -0.1) is 0 Å². The minimum atomic E-state index is -4.89. The molecule has 0 unspecified atom stereocenters. The number of nitrogens with zero attached hydrogens (tertiary/aromatic N) is 8. The predicted molar refractivity (Wildman–Crippen MR) is 345 cm³/mol. The standard InChI is InChI=1S/C76H42F12N8/c77-73(78,79)51-26-32-61-57(39-51)58-40-52(74(80,81)82)27-33-62(58)95(61)65-37-49(71-91-67(43-14-5-1-6-15-43)89-68(92-71)44-16-7-2-8-17-44)24-30-55(65)47-22-13-23-48(36-47)56-31-25-50(72-93-69(45-18-9-3-10-19-45)90-70(94-72)46-20-11-4-12-21-46)38-66(56)96-63-34-28-53(75(83,84)85)41-59(63)60-42-54(76(86,87)88)29-35-64(60)96/h1-42H. The number of alkyl halides is 12. The number of benzene rings is 11. The number of hydrogen-bond donors (Lipinski definition) is 0. The molecule has 11 aromatic carbocycles. The molecule has 0 radical (unpaired) electrons. The SMILES string of the molecule is FC(F)(F)c1ccc2c(c1)c1cc(C(F)(F)F)ccc1n2-c1cc(-c2nc(-c3ccccc3)nc(-c3ccccc3)n2)ccc1-c1cccc(-c2ccc(-c3nc(-c4ccccc4)nc(-c4ccccc4)n3)cc2-n2c3ccc(C(F)(F)F)cc3c3cc(C(F)(F)F)ccc32)c1. The Hall–Kier alpha value is -11.8. The van der Waals surface area contributed by atoms with Gasteiger partial charge in [0.25, 0.3) is 0 Å². The van der Waals surface area contributed by atoms with E-state index in [0.717, 1.165) is 48.5 Å². The van der Waals surface area contributed by atoms with Crippen LogP contribution < -0.4 is 0 Å². The maximum absolute atomic E-state index is 14.7. The topological polar surface area (TPSA) is 87.2 Å². The zero-order valence-electron chi connectivity index (χ0n) is 49.4. The summed E-state index contributed by atoms with van der Waals surface area (Å²) < 4.78 is 179. The summed E-state index contributed by atoms with van der Waals surface area (Å²) in [6.45, 7) is 0. The van der Waals surface area contributed by atoms with E-state index in [0.29, 0.717) is 78.9 Å². The average molecular weight is 1300 g/mol. The Labute approximate surface area is 536 Å². The number of halogens is 12. The van der Waals surface area contributed by atoms with Crippen molar-refractivity contribution >= 4 is 43.6 Å². The monoisotopic (exact) mass is 1290 g/mol. The molecule has 0 aliphatic rings. The molecule has 96 heavy (non-hydrogen) atoms. The van der Waals surface area contributed by atoms with E-state index in [1.54, 1.807) is 69.8 Å². The van der Waals surface area contributed by atoms with Crippen molar-refractivity contribution < 1.29 is 52.7 Å². The molecule has 0 atom stereocenters. The third-order valence-electron chi connectivity index (χ3n) is 16.7. The fourth-order valence-electron chi connectivity index (χ4n) is 12.2. The predicted octanol–water partition coefficient (Wildman–Crippen LogP) is 21.7. The third-order valence-corrected chi connectivity index (χ3v) is 16.7. The molecule has 15 rings (SSSR count). The van der Waals surface area contributed by atoms with E-state index in [1.165, 1.54) is 24.3 Å². The molecule has 0 spiro atoms. The van der Waals surface area contributed by atoms with Crippen molar-refractivity contribution in [2.24, 2.45) is 0 Å². The van der Waals surface area contributed by atoms with Crippen LogP contribution in [0.2, 0.25) is 0 Å². The average Bonchev–Trinajstić information content (AvgIpc) is 1.21. The Morgan fingerprint density at radius 3 is 0.698 bits per heavy atom. The van der Waals surface area contributed by atoms with Crippen molar-refractivity contribution in [2.75, 3.05) is 0 Å². The van der Waals surface area contributed by atoms with Crippen LogP contribution in [0.1, 0.15) is 22.3 Å². The van der Waals surface area contributed by atoms with E-state index >= 15 is 0 Å². The van der Waals surface area contributed by atoms with Gasteiger partial charge in [-0.05, 0) is 102 Å². The van der Waals surface area contributed by atoms with Crippen LogP contribution in [0.3, 0.4) is 0 Å². The molecule has 0 saturated heterocycles. The van der Waals surface area contributed by atoms with Crippen LogP contribution in [0.4, 0.5) is 52.7 Å². The lowest BCUT2D eigenvalue weighted by Gasteiger charge is -2.19. The molecule has 0 aliphatic carbocycles. The summed E-state index contributed by atoms with van der Waals surface area (Å²) in [4.78, 5) is 29.5. The summed E-state index contributed by atoms with van der Waals surface area (Å²) in [6.07, 6.45) is -19.6. The first kappa shape index (κ1) is 60.4. The summed E-state index contributed by atoms with van der Waals surface area (Å²) in [7, 11) is 0. The van der Waals surface area contributed by atoms with Crippen LogP contribution in [0.25, 0.3) is 146 Å². The molecule has 20 heteroatoms. The molecule has 0 fully saturated rings. The maximum atomic E-state index is 14.7. The highest BCUT2D eigenvalue weighted by atomic mass is 19.4. The molecule has 0 aliphatic heterocycles. The van der Waals surface area contributed by atoms with Gasteiger partial charge in [0.15, 0.2) is 34.9 Å². The van der Waals surface area contributed by atoms with E-state index in [2.05, 4.69) is 0 Å². The Bertz CT molecular complexity index is 4940. The van der Waals surface area contributed by atoms with E-state index in [9.17, 15) is 52.7 Å². The minimum Gasteiger partial charge on any atom is -0.309 e. The van der Waals surface area contributed by atoms with E-state index in [4.69, 9.17) is 29.9 Å². The van der Waals surface area contributed by atoms with Gasteiger partial charge in [0.2, 0.25) is 0 Å². The van der Waals surface area contributed by atoms with Gasteiger partial charge in [-0.1, -0.05) is 164 Å². The third kappa shape index (κ3) is 11.2. The summed E-state index contributed by atoms with van der Waals surface area (Å²) in [6, 6.07) is 65.2. The van der Waals surface area contributed by atoms with Crippen LogP contribution in [0, 0.1) is 0 Å². The highest BCUT2D eigenvalue weighted by Crippen LogP contribution is 2.46. The van der Waals surface area contributed by atoms with Crippen LogP contribution in [0.15, 0.2) is 255 Å². The Balaban J connectivity index is 0.997. The van der Waals surface area contributed by atoms with Crippen molar-refractivity contribution in [1.29, 1.82) is 0 Å². The first-order valence-corrected chi connectivity index (χ1v) is 29.7. The quantitative estimate of drug-likeness (QED) is 0.127. The van der Waals surface area contributed by atoms with E-state index < -0.39 is 47.0 Å². The smallest absolute Gasteiger partial charge is 0.309 e. The first-order chi connectivity index (χ1) is 46.1. The molecule has 8 nitrogen and oxygen atoms in total. The fourth-order valence-corrected chi connectivity index (χ4v) is 12.2. The molecule has 4 heterocycles. The van der Waals surface area contributed by atoms with Crippen molar-refractivity contribution in [3.8, 4) is 102 Å². The van der Waals surface area contributed by atoms with Crippen molar-refractivity contribution in [3.63, 3.8) is 0 Å². The molecular weight excluding hydrogens is 1250 g/mol. The van der Waals surface area contributed by atoms with Gasteiger partial charge < -0.3 is 9.13 Å². The minimum absolute atomic E-state index is 0.105. The molecule has 0 saturated carbocycles. The summed E-state index contributed by atoms with van der Waals surface area (Å²) in [5.74, 6) is 1.51. The van der Waals surface area contributed by atoms with Gasteiger partial charge in [0.05, 0.1) is 55.7 Å². The van der Waals surface area contributed by atoms with Crippen LogP contribution in [-0.4, -0.2) is 39.0 Å². The summed E-state index contributed by atoms with van der Waals surface area (Å²) in [5.41, 5.74) is 1.48. The molecular formula is C76H42F12N8. The lowest BCUT2D eigenvalue weighted by atomic mass is 9.95. The normalized spacial score (nSPS) is 12.4. The van der Waals surface area contributed by atoms with Crippen LogP contribution in [-0.2, 0) is 24.7 Å². The van der Waals surface area contributed by atoms with Gasteiger partial charge in [-0.3, -0.25) is 0 Å². The number of fused-ring (bicyclic) bond motifs is 6.